The maximum atomic E-state index is 13.3. The molecule has 142 valence electrons. The zero-order valence-corrected chi connectivity index (χ0v) is 16.0. The van der Waals surface area contributed by atoms with E-state index in [9.17, 15) is 9.90 Å². The van der Waals surface area contributed by atoms with E-state index >= 15 is 0 Å². The zero-order chi connectivity index (χ0) is 19.3. The number of hydrogen-bond donors (Lipinski definition) is 2. The van der Waals surface area contributed by atoms with E-state index in [1.165, 1.54) is 0 Å². The molecule has 1 aliphatic rings. The van der Waals surface area contributed by atoms with Crippen LogP contribution in [-0.2, 0) is 13.5 Å². The Morgan fingerprint density at radius 1 is 1.30 bits per heavy atom. The topological polar surface area (TPSA) is 99.9 Å². The smallest absolute Gasteiger partial charge is 0.254 e. The Morgan fingerprint density at radius 3 is 2.78 bits per heavy atom. The Balaban J connectivity index is 1.61. The summed E-state index contributed by atoms with van der Waals surface area (Å²) in [4.78, 5) is 19.5. The number of aromatic amines is 1. The van der Waals surface area contributed by atoms with Crippen LogP contribution in [0.25, 0.3) is 11.0 Å². The predicted molar refractivity (Wildman–Crippen MR) is 100 cm³/mol. The van der Waals surface area contributed by atoms with Crippen molar-refractivity contribution in [1.82, 2.24) is 29.9 Å². The van der Waals surface area contributed by atoms with Crippen LogP contribution in [0.15, 0.2) is 12.1 Å². The molecule has 0 bridgehead atoms. The Hall–Kier alpha value is -2.74. The first-order valence-electron chi connectivity index (χ1n) is 9.12. The van der Waals surface area contributed by atoms with Gasteiger partial charge in [0.15, 0.2) is 5.65 Å². The van der Waals surface area contributed by atoms with E-state index in [2.05, 4.69) is 20.3 Å². The molecule has 0 unspecified atom stereocenters. The summed E-state index contributed by atoms with van der Waals surface area (Å²) < 4.78 is 1.70. The molecule has 0 aromatic carbocycles. The average Bonchev–Trinajstić information content (AvgIpc) is 3.26. The third-order valence-corrected chi connectivity index (χ3v) is 5.25. The minimum absolute atomic E-state index is 0.0231. The maximum absolute atomic E-state index is 13.3. The SMILES string of the molecule is Cc1cc(C(=O)N2C[C@@H](Cc3cc(C)[nH]n3)[C@H](O)C2)c2c(C)nn(C)c2n1. The van der Waals surface area contributed by atoms with E-state index in [0.717, 1.165) is 28.2 Å². The van der Waals surface area contributed by atoms with Gasteiger partial charge in [0.05, 0.1) is 28.4 Å². The molecule has 8 heteroatoms. The maximum Gasteiger partial charge on any atom is 0.254 e. The van der Waals surface area contributed by atoms with Crippen molar-refractivity contribution in [2.45, 2.75) is 33.3 Å². The van der Waals surface area contributed by atoms with E-state index < -0.39 is 6.10 Å². The van der Waals surface area contributed by atoms with Crippen molar-refractivity contribution >= 4 is 16.9 Å². The molecule has 0 aliphatic carbocycles. The van der Waals surface area contributed by atoms with Gasteiger partial charge < -0.3 is 10.0 Å². The lowest BCUT2D eigenvalue weighted by atomic mass is 10.00. The Kier molecular flexibility index (Phi) is 4.22. The highest BCUT2D eigenvalue weighted by atomic mass is 16.3. The number of H-pyrrole nitrogens is 1. The minimum atomic E-state index is -0.556. The monoisotopic (exact) mass is 368 g/mol. The normalized spacial score (nSPS) is 20.0. The number of amides is 1. The molecule has 0 radical (unpaired) electrons. The van der Waals surface area contributed by atoms with Crippen LogP contribution in [0, 0.1) is 26.7 Å². The quantitative estimate of drug-likeness (QED) is 0.726. The first kappa shape index (κ1) is 17.7. The molecular weight excluding hydrogens is 344 g/mol. The fraction of sp³-hybridized carbons (Fsp3) is 0.474. The van der Waals surface area contributed by atoms with Crippen molar-refractivity contribution in [2.24, 2.45) is 13.0 Å². The van der Waals surface area contributed by atoms with Crippen LogP contribution < -0.4 is 0 Å². The summed E-state index contributed by atoms with van der Waals surface area (Å²) >= 11 is 0. The van der Waals surface area contributed by atoms with E-state index in [4.69, 9.17) is 0 Å². The number of nitrogens with one attached hydrogen (secondary N) is 1. The molecule has 8 nitrogen and oxygen atoms in total. The van der Waals surface area contributed by atoms with Gasteiger partial charge in [0, 0.05) is 37.4 Å². The molecule has 4 heterocycles. The molecule has 4 rings (SSSR count). The van der Waals surface area contributed by atoms with Crippen molar-refractivity contribution < 1.29 is 9.90 Å². The standard InChI is InChI=1S/C19H24N6O2/c1-10-6-15(17-12(3)23-24(4)18(17)20-10)19(27)25-8-13(16(26)9-25)7-14-5-11(2)21-22-14/h5-6,13,16,26H,7-9H2,1-4H3,(H,21,22)/t13-,16-/m1/s1. The summed E-state index contributed by atoms with van der Waals surface area (Å²) in [5.41, 5.74) is 4.78. The fourth-order valence-corrected chi connectivity index (χ4v) is 3.98. The number of aliphatic hydroxyl groups excluding tert-OH is 1. The van der Waals surface area contributed by atoms with Gasteiger partial charge in [-0.25, -0.2) is 4.98 Å². The Morgan fingerprint density at radius 2 is 2.07 bits per heavy atom. The molecule has 2 atom stereocenters. The number of rotatable bonds is 3. The molecule has 2 N–H and O–H groups in total. The second kappa shape index (κ2) is 6.45. The van der Waals surface area contributed by atoms with Crippen LogP contribution in [-0.4, -0.2) is 60.1 Å². The highest BCUT2D eigenvalue weighted by molar-refractivity contribution is 6.06. The summed E-state index contributed by atoms with van der Waals surface area (Å²) in [6.45, 7) is 6.55. The van der Waals surface area contributed by atoms with Crippen molar-refractivity contribution in [3.63, 3.8) is 0 Å². The molecule has 3 aromatic heterocycles. The number of carbonyl (C=O) groups is 1. The lowest BCUT2D eigenvalue weighted by molar-refractivity contribution is 0.0766. The van der Waals surface area contributed by atoms with Gasteiger partial charge in [-0.2, -0.15) is 10.2 Å². The molecule has 3 aromatic rings. The molecule has 0 spiro atoms. The molecule has 0 saturated carbocycles. The summed E-state index contributed by atoms with van der Waals surface area (Å²) in [7, 11) is 1.83. The second-order valence-corrected chi connectivity index (χ2v) is 7.50. The van der Waals surface area contributed by atoms with Crippen LogP contribution in [0.3, 0.4) is 0 Å². The summed E-state index contributed by atoms with van der Waals surface area (Å²) in [6, 6.07) is 3.79. The lowest BCUT2D eigenvalue weighted by Gasteiger charge is -2.17. The number of β-amino-alcohol motifs (C(OH)–C–C–N with tert-alkyl or cyclic N) is 1. The molecule has 1 aliphatic heterocycles. The largest absolute Gasteiger partial charge is 0.391 e. The van der Waals surface area contributed by atoms with E-state index in [-0.39, 0.29) is 11.8 Å². The van der Waals surface area contributed by atoms with Gasteiger partial charge in [-0.05, 0) is 39.3 Å². The number of aryl methyl sites for hydroxylation is 4. The van der Waals surface area contributed by atoms with Crippen molar-refractivity contribution in [2.75, 3.05) is 13.1 Å². The number of carbonyl (C=O) groups excluding carboxylic acids is 1. The molecule has 1 fully saturated rings. The third-order valence-electron chi connectivity index (χ3n) is 5.25. The highest BCUT2D eigenvalue weighted by Crippen LogP contribution is 2.27. The van der Waals surface area contributed by atoms with Crippen LogP contribution in [0.2, 0.25) is 0 Å². The zero-order valence-electron chi connectivity index (χ0n) is 16.0. The predicted octanol–water partition coefficient (Wildman–Crippen LogP) is 1.29. The van der Waals surface area contributed by atoms with Crippen molar-refractivity contribution in [1.29, 1.82) is 0 Å². The van der Waals surface area contributed by atoms with Crippen LogP contribution in [0.5, 0.6) is 0 Å². The molecule has 27 heavy (non-hydrogen) atoms. The van der Waals surface area contributed by atoms with Gasteiger partial charge in [-0.15, -0.1) is 0 Å². The first-order chi connectivity index (χ1) is 12.8. The lowest BCUT2D eigenvalue weighted by Crippen LogP contribution is -2.30. The van der Waals surface area contributed by atoms with Gasteiger partial charge in [-0.3, -0.25) is 14.6 Å². The van der Waals surface area contributed by atoms with Crippen LogP contribution >= 0.6 is 0 Å². The van der Waals surface area contributed by atoms with Crippen molar-refractivity contribution in [3.05, 3.63) is 40.5 Å². The van der Waals surface area contributed by atoms with Gasteiger partial charge >= 0.3 is 0 Å². The summed E-state index contributed by atoms with van der Waals surface area (Å²) in [6.07, 6.45) is 0.0887. The van der Waals surface area contributed by atoms with E-state index in [1.54, 1.807) is 9.58 Å². The second-order valence-electron chi connectivity index (χ2n) is 7.50. The first-order valence-corrected chi connectivity index (χ1v) is 9.12. The minimum Gasteiger partial charge on any atom is -0.391 e. The number of aromatic nitrogens is 5. The molecule has 1 amide bonds. The van der Waals surface area contributed by atoms with Crippen LogP contribution in [0.4, 0.5) is 0 Å². The average molecular weight is 368 g/mol. The highest BCUT2D eigenvalue weighted by Gasteiger charge is 2.35. The number of hydrogen-bond acceptors (Lipinski definition) is 5. The van der Waals surface area contributed by atoms with Gasteiger partial charge in [0.1, 0.15) is 0 Å². The number of likely N-dealkylation sites (tertiary alicyclic amines) is 1. The Bertz CT molecular complexity index is 1020. The fourth-order valence-electron chi connectivity index (χ4n) is 3.98. The number of nitrogens with zero attached hydrogens (tertiary/aromatic N) is 5. The van der Waals surface area contributed by atoms with Crippen molar-refractivity contribution in [3.8, 4) is 0 Å². The van der Waals surface area contributed by atoms with E-state index in [0.29, 0.717) is 30.7 Å². The Labute approximate surface area is 157 Å². The van der Waals surface area contributed by atoms with Crippen LogP contribution in [0.1, 0.15) is 33.1 Å². The van der Waals surface area contributed by atoms with Gasteiger partial charge in [0.2, 0.25) is 0 Å². The molecule has 1 saturated heterocycles. The van der Waals surface area contributed by atoms with Gasteiger partial charge in [0.25, 0.3) is 5.91 Å². The number of aliphatic hydroxyl groups is 1. The van der Waals surface area contributed by atoms with Gasteiger partial charge in [-0.1, -0.05) is 0 Å². The third kappa shape index (κ3) is 3.10. The number of fused-ring (bicyclic) bond motifs is 1. The number of pyridine rings is 1. The van der Waals surface area contributed by atoms with E-state index in [1.807, 2.05) is 40.0 Å². The summed E-state index contributed by atoms with van der Waals surface area (Å²) in [5.74, 6) is -0.105. The summed E-state index contributed by atoms with van der Waals surface area (Å²) in [5, 5.41) is 22.9. The molecular formula is C19H24N6O2.